The smallest absolute Gasteiger partial charge is 0.146 e. The van der Waals surface area contributed by atoms with Gasteiger partial charge in [0.05, 0.1) is 11.1 Å². The SMILES string of the molecule is CCCNC(CCC1CCCO1)c1cccc(Cl)c1F. The molecule has 1 N–H and O–H groups in total. The van der Waals surface area contributed by atoms with E-state index in [1.807, 2.05) is 12.1 Å². The minimum absolute atomic E-state index is 0.0119. The van der Waals surface area contributed by atoms with E-state index in [1.165, 1.54) is 0 Å². The third-order valence-electron chi connectivity index (χ3n) is 3.80. The highest BCUT2D eigenvalue weighted by atomic mass is 35.5. The third-order valence-corrected chi connectivity index (χ3v) is 4.09. The fourth-order valence-corrected chi connectivity index (χ4v) is 2.88. The van der Waals surface area contributed by atoms with Gasteiger partial charge in [-0.1, -0.05) is 30.7 Å². The second kappa shape index (κ2) is 7.96. The molecule has 1 aromatic rings. The molecular weight excluding hydrogens is 277 g/mol. The molecule has 112 valence electrons. The molecule has 0 amide bonds. The largest absolute Gasteiger partial charge is 0.378 e. The highest BCUT2D eigenvalue weighted by Crippen LogP contribution is 2.28. The summed E-state index contributed by atoms with van der Waals surface area (Å²) in [5.74, 6) is -0.296. The summed E-state index contributed by atoms with van der Waals surface area (Å²) in [4.78, 5) is 0. The average Bonchev–Trinajstić information content (AvgIpc) is 2.96. The normalized spacial score (nSPS) is 20.2. The van der Waals surface area contributed by atoms with Gasteiger partial charge < -0.3 is 10.1 Å². The number of benzene rings is 1. The number of ether oxygens (including phenoxy) is 1. The van der Waals surface area contributed by atoms with Crippen LogP contribution in [-0.2, 0) is 4.74 Å². The molecule has 0 radical (unpaired) electrons. The predicted molar refractivity (Wildman–Crippen MR) is 80.7 cm³/mol. The van der Waals surface area contributed by atoms with E-state index in [9.17, 15) is 4.39 Å². The summed E-state index contributed by atoms with van der Waals surface area (Å²) in [5.41, 5.74) is 0.670. The first-order valence-corrected chi connectivity index (χ1v) is 7.89. The van der Waals surface area contributed by atoms with Gasteiger partial charge in [0.2, 0.25) is 0 Å². The lowest BCUT2D eigenvalue weighted by Gasteiger charge is -2.21. The van der Waals surface area contributed by atoms with Crippen LogP contribution < -0.4 is 5.32 Å². The molecule has 1 heterocycles. The zero-order valence-corrected chi connectivity index (χ0v) is 12.8. The maximum absolute atomic E-state index is 14.2. The van der Waals surface area contributed by atoms with E-state index in [2.05, 4.69) is 12.2 Å². The third kappa shape index (κ3) is 4.18. The first-order chi connectivity index (χ1) is 9.72. The van der Waals surface area contributed by atoms with Crippen molar-refractivity contribution in [2.45, 2.75) is 51.2 Å². The molecule has 0 bridgehead atoms. The van der Waals surface area contributed by atoms with Crippen LogP contribution in [0.1, 0.15) is 50.6 Å². The average molecular weight is 300 g/mol. The van der Waals surface area contributed by atoms with Crippen LogP contribution in [0.3, 0.4) is 0 Å². The van der Waals surface area contributed by atoms with Crippen molar-refractivity contribution in [2.24, 2.45) is 0 Å². The Hall–Kier alpha value is -0.640. The van der Waals surface area contributed by atoms with Crippen LogP contribution in [0.15, 0.2) is 18.2 Å². The molecule has 2 atom stereocenters. The number of hydrogen-bond acceptors (Lipinski definition) is 2. The van der Waals surface area contributed by atoms with Crippen LogP contribution in [0.2, 0.25) is 5.02 Å². The van der Waals surface area contributed by atoms with Crippen LogP contribution in [0, 0.1) is 5.82 Å². The van der Waals surface area contributed by atoms with Crippen molar-refractivity contribution in [2.75, 3.05) is 13.2 Å². The molecule has 20 heavy (non-hydrogen) atoms. The lowest BCUT2D eigenvalue weighted by molar-refractivity contribution is 0.0994. The van der Waals surface area contributed by atoms with Gasteiger partial charge in [-0.2, -0.15) is 0 Å². The lowest BCUT2D eigenvalue weighted by Crippen LogP contribution is -2.24. The second-order valence-corrected chi connectivity index (χ2v) is 5.77. The van der Waals surface area contributed by atoms with Crippen LogP contribution in [0.4, 0.5) is 4.39 Å². The van der Waals surface area contributed by atoms with Crippen molar-refractivity contribution in [1.29, 1.82) is 0 Å². The van der Waals surface area contributed by atoms with Gasteiger partial charge in [0.25, 0.3) is 0 Å². The number of nitrogens with one attached hydrogen (secondary N) is 1. The van der Waals surface area contributed by atoms with Gasteiger partial charge in [-0.15, -0.1) is 0 Å². The van der Waals surface area contributed by atoms with E-state index in [4.69, 9.17) is 16.3 Å². The quantitative estimate of drug-likeness (QED) is 0.801. The zero-order valence-electron chi connectivity index (χ0n) is 12.0. The van der Waals surface area contributed by atoms with E-state index in [0.29, 0.717) is 11.7 Å². The fraction of sp³-hybridized carbons (Fsp3) is 0.625. The van der Waals surface area contributed by atoms with Crippen LogP contribution >= 0.6 is 11.6 Å². The van der Waals surface area contributed by atoms with E-state index < -0.39 is 0 Å². The van der Waals surface area contributed by atoms with Gasteiger partial charge in [-0.3, -0.25) is 0 Å². The molecular formula is C16H23ClFNO. The maximum atomic E-state index is 14.2. The Kier molecular flexibility index (Phi) is 6.27. The summed E-state index contributed by atoms with van der Waals surface area (Å²) in [6, 6.07) is 5.24. The number of hydrogen-bond donors (Lipinski definition) is 1. The summed E-state index contributed by atoms with van der Waals surface area (Å²) in [6.45, 7) is 3.85. The Labute approximate surface area is 125 Å². The van der Waals surface area contributed by atoms with E-state index >= 15 is 0 Å². The minimum Gasteiger partial charge on any atom is -0.378 e. The van der Waals surface area contributed by atoms with Gasteiger partial charge in [-0.05, 0) is 44.7 Å². The molecule has 1 aliphatic heterocycles. The molecule has 0 spiro atoms. The van der Waals surface area contributed by atoms with Gasteiger partial charge in [-0.25, -0.2) is 4.39 Å². The summed E-state index contributed by atoms with van der Waals surface area (Å²) in [5, 5.41) is 3.62. The van der Waals surface area contributed by atoms with Crippen molar-refractivity contribution in [3.63, 3.8) is 0 Å². The standard InChI is InChI=1S/C16H23ClFNO/c1-2-10-19-15(9-8-12-5-4-11-20-12)13-6-3-7-14(17)16(13)18/h3,6-7,12,15,19H,2,4-5,8-11H2,1H3. The molecule has 0 aromatic heterocycles. The molecule has 1 fully saturated rings. The minimum atomic E-state index is -0.296. The highest BCUT2D eigenvalue weighted by molar-refractivity contribution is 6.30. The van der Waals surface area contributed by atoms with Crippen molar-refractivity contribution in [3.8, 4) is 0 Å². The molecule has 1 aromatic carbocycles. The van der Waals surface area contributed by atoms with Gasteiger partial charge in [0.15, 0.2) is 0 Å². The van der Waals surface area contributed by atoms with Crippen LogP contribution in [0.25, 0.3) is 0 Å². The van der Waals surface area contributed by atoms with E-state index in [0.717, 1.165) is 45.3 Å². The van der Waals surface area contributed by atoms with Crippen LogP contribution in [0.5, 0.6) is 0 Å². The van der Waals surface area contributed by atoms with Crippen molar-refractivity contribution >= 4 is 11.6 Å². The summed E-state index contributed by atoms with van der Waals surface area (Å²) < 4.78 is 19.8. The van der Waals surface area contributed by atoms with Gasteiger partial charge in [0, 0.05) is 18.2 Å². The Morgan fingerprint density at radius 3 is 3.05 bits per heavy atom. The fourth-order valence-electron chi connectivity index (χ4n) is 2.70. The Balaban J connectivity index is 2.03. The van der Waals surface area contributed by atoms with E-state index in [1.54, 1.807) is 6.07 Å². The molecule has 1 aliphatic rings. The summed E-state index contributed by atoms with van der Waals surface area (Å²) in [7, 11) is 0. The topological polar surface area (TPSA) is 21.3 Å². The zero-order chi connectivity index (χ0) is 14.4. The number of halogens is 2. The molecule has 0 saturated carbocycles. The molecule has 0 aliphatic carbocycles. The maximum Gasteiger partial charge on any atom is 0.146 e. The molecule has 4 heteroatoms. The lowest BCUT2D eigenvalue weighted by atomic mass is 9.98. The Morgan fingerprint density at radius 1 is 1.50 bits per heavy atom. The predicted octanol–water partition coefficient (Wildman–Crippen LogP) is 4.48. The van der Waals surface area contributed by atoms with Crippen molar-refractivity contribution < 1.29 is 9.13 Å². The van der Waals surface area contributed by atoms with Gasteiger partial charge >= 0.3 is 0 Å². The second-order valence-electron chi connectivity index (χ2n) is 5.36. The van der Waals surface area contributed by atoms with Crippen molar-refractivity contribution in [1.82, 2.24) is 5.32 Å². The Bertz CT molecular complexity index is 421. The first-order valence-electron chi connectivity index (χ1n) is 7.51. The number of rotatable bonds is 7. The molecule has 2 unspecified atom stereocenters. The van der Waals surface area contributed by atoms with Gasteiger partial charge in [0.1, 0.15) is 5.82 Å². The van der Waals surface area contributed by atoms with E-state index in [-0.39, 0.29) is 16.9 Å². The first kappa shape index (κ1) is 15.7. The summed E-state index contributed by atoms with van der Waals surface area (Å²) >= 11 is 5.89. The molecule has 2 nitrogen and oxygen atoms in total. The molecule has 2 rings (SSSR count). The summed E-state index contributed by atoms with van der Waals surface area (Å²) in [6.07, 6.45) is 5.47. The van der Waals surface area contributed by atoms with Crippen molar-refractivity contribution in [3.05, 3.63) is 34.6 Å². The highest BCUT2D eigenvalue weighted by Gasteiger charge is 2.21. The monoisotopic (exact) mass is 299 g/mol. The molecule has 1 saturated heterocycles. The van der Waals surface area contributed by atoms with Crippen LogP contribution in [-0.4, -0.2) is 19.3 Å². The Morgan fingerprint density at radius 2 is 2.35 bits per heavy atom.